The lowest BCUT2D eigenvalue weighted by Gasteiger charge is -2.34. The predicted molar refractivity (Wildman–Crippen MR) is 113 cm³/mol. The summed E-state index contributed by atoms with van der Waals surface area (Å²) in [6.07, 6.45) is 7.81. The topological polar surface area (TPSA) is 92.7 Å². The van der Waals surface area contributed by atoms with Crippen LogP contribution in [0.2, 0.25) is 0 Å². The van der Waals surface area contributed by atoms with Gasteiger partial charge in [-0.1, -0.05) is 6.92 Å². The summed E-state index contributed by atoms with van der Waals surface area (Å²) in [5.41, 5.74) is 0.616. The van der Waals surface area contributed by atoms with Gasteiger partial charge in [-0.15, -0.1) is 0 Å². The molecule has 3 aliphatic heterocycles. The predicted octanol–water partition coefficient (Wildman–Crippen LogP) is 2.00. The van der Waals surface area contributed by atoms with Crippen LogP contribution in [0.1, 0.15) is 57.1 Å². The van der Waals surface area contributed by atoms with Gasteiger partial charge in [0.2, 0.25) is 5.95 Å². The Kier molecular flexibility index (Phi) is 6.29. The Balaban J connectivity index is 1.53. The van der Waals surface area contributed by atoms with Crippen molar-refractivity contribution in [3.05, 3.63) is 11.9 Å². The Labute approximate surface area is 178 Å². The average Bonchev–Trinajstić information content (AvgIpc) is 3.27. The number of carbonyl (C=O) groups is 1. The zero-order chi connectivity index (χ0) is 21.3. The van der Waals surface area contributed by atoms with Crippen LogP contribution in [0.5, 0.6) is 0 Å². The van der Waals surface area contributed by atoms with Gasteiger partial charge < -0.3 is 14.5 Å². The van der Waals surface area contributed by atoms with E-state index in [-0.39, 0.29) is 22.8 Å². The second kappa shape index (κ2) is 8.78. The Morgan fingerprint density at radius 2 is 1.90 bits per heavy atom. The first-order valence-corrected chi connectivity index (χ1v) is 12.9. The minimum atomic E-state index is -3.43. The minimum absolute atomic E-state index is 0.00670. The highest BCUT2D eigenvalue weighted by molar-refractivity contribution is 7.90. The Morgan fingerprint density at radius 3 is 2.53 bits per heavy atom. The van der Waals surface area contributed by atoms with Crippen molar-refractivity contribution in [3.8, 4) is 0 Å². The fraction of sp³-hybridized carbons (Fsp3) is 0.762. The summed E-state index contributed by atoms with van der Waals surface area (Å²) in [6, 6.07) is 0. The normalized spacial score (nSPS) is 26.2. The van der Waals surface area contributed by atoms with Gasteiger partial charge in [-0.3, -0.25) is 4.79 Å². The summed E-state index contributed by atoms with van der Waals surface area (Å²) >= 11 is 0. The fourth-order valence-electron chi connectivity index (χ4n) is 4.83. The molecule has 3 fully saturated rings. The zero-order valence-corrected chi connectivity index (χ0v) is 18.7. The zero-order valence-electron chi connectivity index (χ0n) is 17.9. The quantitative estimate of drug-likeness (QED) is 0.713. The first kappa shape index (κ1) is 21.5. The van der Waals surface area contributed by atoms with E-state index in [0.29, 0.717) is 50.1 Å². The third-order valence-electron chi connectivity index (χ3n) is 6.51. The molecular weight excluding hydrogens is 404 g/mol. The maximum absolute atomic E-state index is 12.6. The van der Waals surface area contributed by atoms with Crippen LogP contribution in [-0.2, 0) is 19.4 Å². The lowest BCUT2D eigenvalue weighted by molar-refractivity contribution is -0.142. The van der Waals surface area contributed by atoms with Crippen LogP contribution in [0.4, 0.5) is 5.95 Å². The number of hydrogen-bond donors (Lipinski definition) is 0. The lowest BCUT2D eigenvalue weighted by Crippen LogP contribution is -2.43. The number of likely N-dealkylation sites (tertiary alicyclic amines) is 1. The van der Waals surface area contributed by atoms with Crippen molar-refractivity contribution < 1.29 is 17.9 Å². The molecule has 30 heavy (non-hydrogen) atoms. The third kappa shape index (κ3) is 4.61. The van der Waals surface area contributed by atoms with Gasteiger partial charge in [-0.2, -0.15) is 0 Å². The molecule has 2 atom stereocenters. The van der Waals surface area contributed by atoms with E-state index in [4.69, 9.17) is 9.72 Å². The molecule has 0 aliphatic carbocycles. The number of anilines is 1. The summed E-state index contributed by atoms with van der Waals surface area (Å²) in [6.45, 7) is 5.88. The van der Waals surface area contributed by atoms with Gasteiger partial charge in [0.1, 0.15) is 11.0 Å². The maximum atomic E-state index is 12.6. The second-order valence-electron chi connectivity index (χ2n) is 8.99. The van der Waals surface area contributed by atoms with Crippen LogP contribution in [0.25, 0.3) is 0 Å². The van der Waals surface area contributed by atoms with Gasteiger partial charge in [0.15, 0.2) is 9.84 Å². The van der Waals surface area contributed by atoms with Crippen LogP contribution >= 0.6 is 0 Å². The largest absolute Gasteiger partial charge is 0.368 e. The molecule has 9 heteroatoms. The van der Waals surface area contributed by atoms with E-state index in [1.807, 2.05) is 4.90 Å². The molecule has 0 N–H and O–H groups in total. The molecule has 0 spiro atoms. The van der Waals surface area contributed by atoms with E-state index < -0.39 is 9.84 Å². The number of rotatable bonds is 4. The molecule has 0 bridgehead atoms. The Hall–Kier alpha value is -1.74. The van der Waals surface area contributed by atoms with E-state index >= 15 is 0 Å². The Bertz CT molecular complexity index is 877. The summed E-state index contributed by atoms with van der Waals surface area (Å²) < 4.78 is 30.4. The Morgan fingerprint density at radius 1 is 1.13 bits per heavy atom. The lowest BCUT2D eigenvalue weighted by atomic mass is 9.93. The number of ether oxygens (including phenoxy) is 1. The standard InChI is InChI=1S/C21H32N4O4S/c1-15-5-3-9-25(14-15)21-22-13-18(30(2,27)28)19(23-21)16-7-10-24(11-8-16)20(26)17-6-4-12-29-17/h13,15-17H,3-12,14H2,1-2H3/t15-,17+/m1/s1. The van der Waals surface area contributed by atoms with E-state index in [1.54, 1.807) is 0 Å². The van der Waals surface area contributed by atoms with E-state index in [1.165, 1.54) is 18.9 Å². The summed E-state index contributed by atoms with van der Waals surface area (Å²) in [5.74, 6) is 1.28. The molecule has 3 aliphatic rings. The van der Waals surface area contributed by atoms with Crippen molar-refractivity contribution in [3.63, 3.8) is 0 Å². The summed E-state index contributed by atoms with van der Waals surface area (Å²) in [7, 11) is -3.43. The summed E-state index contributed by atoms with van der Waals surface area (Å²) in [5, 5.41) is 0. The highest BCUT2D eigenvalue weighted by atomic mass is 32.2. The maximum Gasteiger partial charge on any atom is 0.251 e. The highest BCUT2D eigenvalue weighted by Gasteiger charge is 2.33. The second-order valence-corrected chi connectivity index (χ2v) is 11.0. The van der Waals surface area contributed by atoms with Gasteiger partial charge in [-0.25, -0.2) is 18.4 Å². The number of hydrogen-bond acceptors (Lipinski definition) is 7. The van der Waals surface area contributed by atoms with Gasteiger partial charge in [0.25, 0.3) is 5.91 Å². The van der Waals surface area contributed by atoms with Gasteiger partial charge in [0.05, 0.1) is 11.9 Å². The van der Waals surface area contributed by atoms with Crippen molar-refractivity contribution in [1.82, 2.24) is 14.9 Å². The van der Waals surface area contributed by atoms with Crippen molar-refractivity contribution in [2.24, 2.45) is 5.92 Å². The molecule has 1 amide bonds. The van der Waals surface area contributed by atoms with E-state index in [2.05, 4.69) is 16.8 Å². The van der Waals surface area contributed by atoms with Gasteiger partial charge in [0, 0.05) is 45.0 Å². The monoisotopic (exact) mass is 436 g/mol. The van der Waals surface area contributed by atoms with Gasteiger partial charge in [-0.05, 0) is 44.4 Å². The molecule has 0 aromatic carbocycles. The highest BCUT2D eigenvalue weighted by Crippen LogP contribution is 2.33. The third-order valence-corrected chi connectivity index (χ3v) is 7.62. The molecule has 3 saturated heterocycles. The van der Waals surface area contributed by atoms with Crippen LogP contribution in [0.3, 0.4) is 0 Å². The first-order valence-electron chi connectivity index (χ1n) is 11.0. The van der Waals surface area contributed by atoms with Crippen molar-refractivity contribution >= 4 is 21.7 Å². The smallest absolute Gasteiger partial charge is 0.251 e. The number of carbonyl (C=O) groups excluding carboxylic acids is 1. The minimum Gasteiger partial charge on any atom is -0.368 e. The average molecular weight is 437 g/mol. The molecule has 4 rings (SSSR count). The van der Waals surface area contributed by atoms with Gasteiger partial charge >= 0.3 is 0 Å². The number of nitrogens with zero attached hydrogens (tertiary/aromatic N) is 4. The molecule has 0 unspecified atom stereocenters. The van der Waals surface area contributed by atoms with Crippen molar-refractivity contribution in [2.75, 3.05) is 43.9 Å². The fourth-order valence-corrected chi connectivity index (χ4v) is 5.66. The molecule has 4 heterocycles. The molecular formula is C21H32N4O4S. The molecule has 0 radical (unpaired) electrons. The molecule has 1 aromatic rings. The number of sulfone groups is 1. The molecule has 0 saturated carbocycles. The van der Waals surface area contributed by atoms with Crippen molar-refractivity contribution in [2.45, 2.75) is 62.4 Å². The first-order chi connectivity index (χ1) is 14.3. The number of amides is 1. The van der Waals surface area contributed by atoms with Crippen LogP contribution in [-0.4, -0.2) is 74.3 Å². The van der Waals surface area contributed by atoms with E-state index in [0.717, 1.165) is 32.4 Å². The van der Waals surface area contributed by atoms with E-state index in [9.17, 15) is 13.2 Å². The van der Waals surface area contributed by atoms with Crippen LogP contribution in [0.15, 0.2) is 11.1 Å². The molecule has 8 nitrogen and oxygen atoms in total. The SMILES string of the molecule is C[C@@H]1CCCN(c2ncc(S(C)(=O)=O)c(C3CCN(C(=O)[C@@H]4CCCO4)CC3)n2)C1. The number of aromatic nitrogens is 2. The number of piperidine rings is 2. The van der Waals surface area contributed by atoms with Crippen LogP contribution in [0, 0.1) is 5.92 Å². The molecule has 166 valence electrons. The van der Waals surface area contributed by atoms with Crippen LogP contribution < -0.4 is 4.90 Å². The van der Waals surface area contributed by atoms with Crippen molar-refractivity contribution in [1.29, 1.82) is 0 Å². The molecule has 1 aromatic heterocycles. The summed E-state index contributed by atoms with van der Waals surface area (Å²) in [4.78, 5) is 26.1.